The zero-order valence-corrected chi connectivity index (χ0v) is 17.3. The van der Waals surface area contributed by atoms with Crippen molar-refractivity contribution in [3.63, 3.8) is 0 Å². The first-order valence-corrected chi connectivity index (χ1v) is 12.9. The molecular formula is C25H28OSi. The maximum absolute atomic E-state index is 5.44. The van der Waals surface area contributed by atoms with E-state index in [0.717, 1.165) is 5.75 Å². The normalized spacial score (nSPS) is 24.3. The van der Waals surface area contributed by atoms with Crippen molar-refractivity contribution >= 4 is 18.5 Å². The van der Waals surface area contributed by atoms with Crippen LogP contribution in [-0.4, -0.2) is 15.2 Å². The summed E-state index contributed by atoms with van der Waals surface area (Å²) in [5, 5.41) is 3.38. The van der Waals surface area contributed by atoms with Gasteiger partial charge in [0, 0.05) is 0 Å². The number of ether oxygens (including phenoxy) is 1. The minimum absolute atomic E-state index is 0.969. The van der Waals surface area contributed by atoms with Gasteiger partial charge >= 0.3 is 0 Å². The topological polar surface area (TPSA) is 9.23 Å². The third kappa shape index (κ3) is 2.73. The van der Waals surface area contributed by atoms with Crippen LogP contribution < -0.4 is 9.92 Å². The van der Waals surface area contributed by atoms with Crippen LogP contribution in [0.25, 0.3) is 5.20 Å². The number of fused-ring (bicyclic) bond motifs is 3. The summed E-state index contributed by atoms with van der Waals surface area (Å²) in [6, 6.07) is 21.0. The number of hydrogen-bond donors (Lipinski definition) is 0. The standard InChI is InChI=1S/C25H28OSi/c1-26-21-13-15-22(16-14-21)27-17-7-12-23(19-8-3-2-4-9-19)25(27)24-11-6-5-10-20(24)18-27/h5-6,8,10-11,13-16H,2-4,7,9,12,17-18H2,1H3/t27-/m1/s1. The van der Waals surface area contributed by atoms with Crippen LogP contribution in [0.4, 0.5) is 0 Å². The van der Waals surface area contributed by atoms with E-state index in [-0.39, 0.29) is 0 Å². The van der Waals surface area contributed by atoms with Crippen molar-refractivity contribution in [2.75, 3.05) is 7.11 Å². The predicted molar refractivity (Wildman–Crippen MR) is 116 cm³/mol. The zero-order valence-electron chi connectivity index (χ0n) is 16.3. The minimum atomic E-state index is -1.73. The summed E-state index contributed by atoms with van der Waals surface area (Å²) in [7, 11) is 0.0305. The Kier molecular flexibility index (Phi) is 4.32. The van der Waals surface area contributed by atoms with Gasteiger partial charge in [0.25, 0.3) is 0 Å². The van der Waals surface area contributed by atoms with E-state index in [4.69, 9.17) is 4.74 Å². The average Bonchev–Trinajstić information content (AvgIpc) is 3.10. The fourth-order valence-electron chi connectivity index (χ4n) is 5.68. The van der Waals surface area contributed by atoms with E-state index >= 15 is 0 Å². The van der Waals surface area contributed by atoms with E-state index in [1.54, 1.807) is 39.8 Å². The number of rotatable bonds is 3. The molecule has 1 nitrogen and oxygen atoms in total. The molecule has 0 fully saturated rings. The molecule has 2 aromatic carbocycles. The lowest BCUT2D eigenvalue weighted by Crippen LogP contribution is -2.50. The molecule has 0 N–H and O–H groups in total. The first kappa shape index (κ1) is 17.1. The summed E-state index contributed by atoms with van der Waals surface area (Å²) in [4.78, 5) is 0. The third-order valence-corrected chi connectivity index (χ3v) is 12.1. The molecule has 1 aliphatic carbocycles. The minimum Gasteiger partial charge on any atom is -0.497 e. The fourth-order valence-corrected chi connectivity index (χ4v) is 11.2. The van der Waals surface area contributed by atoms with Gasteiger partial charge in [-0.15, -0.1) is 0 Å². The van der Waals surface area contributed by atoms with Gasteiger partial charge in [-0.3, -0.25) is 0 Å². The summed E-state index contributed by atoms with van der Waals surface area (Å²) < 4.78 is 5.44. The maximum Gasteiger partial charge on any atom is 0.123 e. The van der Waals surface area contributed by atoms with E-state index in [9.17, 15) is 0 Å². The van der Waals surface area contributed by atoms with Crippen LogP contribution in [0.2, 0.25) is 6.04 Å². The van der Waals surface area contributed by atoms with Gasteiger partial charge in [-0.1, -0.05) is 54.1 Å². The first-order chi connectivity index (χ1) is 13.3. The first-order valence-electron chi connectivity index (χ1n) is 10.5. The Hall–Kier alpha value is -2.06. The van der Waals surface area contributed by atoms with Gasteiger partial charge in [-0.2, -0.15) is 0 Å². The molecule has 2 heterocycles. The van der Waals surface area contributed by atoms with Crippen molar-refractivity contribution in [2.24, 2.45) is 0 Å². The SMILES string of the molecule is COc1ccc([Si@]23CCCC(C4=CCCCC4)=C2c2ccccc2C3)cc1. The van der Waals surface area contributed by atoms with Crippen LogP contribution in [-0.2, 0) is 6.04 Å². The average molecular weight is 373 g/mol. The lowest BCUT2D eigenvalue weighted by Gasteiger charge is -2.37. The molecule has 2 aliphatic heterocycles. The van der Waals surface area contributed by atoms with Crippen LogP contribution in [0.5, 0.6) is 5.75 Å². The largest absolute Gasteiger partial charge is 0.497 e. The Labute approximate surface area is 163 Å². The lowest BCUT2D eigenvalue weighted by molar-refractivity contribution is 0.415. The summed E-state index contributed by atoms with van der Waals surface area (Å²) in [5.41, 5.74) is 6.57. The highest BCUT2D eigenvalue weighted by Crippen LogP contribution is 2.50. The molecule has 0 spiro atoms. The van der Waals surface area contributed by atoms with Gasteiger partial charge in [-0.05, 0) is 83.8 Å². The number of hydrogen-bond acceptors (Lipinski definition) is 1. The Balaban J connectivity index is 1.73. The van der Waals surface area contributed by atoms with Crippen molar-refractivity contribution in [3.05, 3.63) is 76.9 Å². The summed E-state index contributed by atoms with van der Waals surface area (Å²) >= 11 is 0. The Bertz CT molecular complexity index is 922. The Morgan fingerprint density at radius 3 is 2.52 bits per heavy atom. The van der Waals surface area contributed by atoms with Crippen molar-refractivity contribution in [3.8, 4) is 5.75 Å². The van der Waals surface area contributed by atoms with Crippen LogP contribution in [0.3, 0.4) is 0 Å². The molecule has 138 valence electrons. The molecular weight excluding hydrogens is 344 g/mol. The van der Waals surface area contributed by atoms with Crippen LogP contribution in [0, 0.1) is 0 Å². The van der Waals surface area contributed by atoms with Crippen LogP contribution in [0.1, 0.15) is 49.7 Å². The molecule has 0 saturated carbocycles. The van der Waals surface area contributed by atoms with Gasteiger partial charge in [0.1, 0.15) is 13.8 Å². The van der Waals surface area contributed by atoms with E-state index in [1.165, 1.54) is 50.6 Å². The van der Waals surface area contributed by atoms with Gasteiger partial charge in [0.2, 0.25) is 0 Å². The molecule has 0 bridgehead atoms. The van der Waals surface area contributed by atoms with E-state index in [1.807, 2.05) is 0 Å². The monoisotopic (exact) mass is 372 g/mol. The Morgan fingerprint density at radius 2 is 1.74 bits per heavy atom. The molecule has 27 heavy (non-hydrogen) atoms. The second kappa shape index (κ2) is 6.83. The fraction of sp³-hybridized carbons (Fsp3) is 0.360. The van der Waals surface area contributed by atoms with Gasteiger partial charge in [-0.25, -0.2) is 0 Å². The zero-order chi connectivity index (χ0) is 18.3. The van der Waals surface area contributed by atoms with Crippen molar-refractivity contribution in [1.82, 2.24) is 0 Å². The summed E-state index contributed by atoms with van der Waals surface area (Å²) in [6.07, 6.45) is 10.5. The highest BCUT2D eigenvalue weighted by Gasteiger charge is 2.48. The van der Waals surface area contributed by atoms with Crippen molar-refractivity contribution in [2.45, 2.75) is 50.6 Å². The van der Waals surface area contributed by atoms with Gasteiger partial charge in [0.05, 0.1) is 7.11 Å². The lowest BCUT2D eigenvalue weighted by atomic mass is 9.89. The van der Waals surface area contributed by atoms with Crippen LogP contribution >= 0.6 is 0 Å². The highest BCUT2D eigenvalue weighted by molar-refractivity contribution is 7.07. The number of benzene rings is 2. The molecule has 0 radical (unpaired) electrons. The molecule has 0 saturated heterocycles. The smallest absolute Gasteiger partial charge is 0.123 e. The summed E-state index contributed by atoms with van der Waals surface area (Å²) in [6.45, 7) is 0. The van der Waals surface area contributed by atoms with Crippen LogP contribution in [0.15, 0.2) is 65.8 Å². The van der Waals surface area contributed by atoms with Crippen molar-refractivity contribution in [1.29, 1.82) is 0 Å². The molecule has 0 unspecified atom stereocenters. The number of allylic oxidation sites excluding steroid dienone is 3. The quantitative estimate of drug-likeness (QED) is 0.625. The van der Waals surface area contributed by atoms with Gasteiger partial charge in [0.15, 0.2) is 0 Å². The molecule has 0 amide bonds. The molecule has 0 aromatic heterocycles. The van der Waals surface area contributed by atoms with E-state index in [0.29, 0.717) is 0 Å². The van der Waals surface area contributed by atoms with Gasteiger partial charge < -0.3 is 4.74 Å². The second-order valence-electron chi connectivity index (χ2n) is 8.33. The molecule has 1 atom stereocenters. The number of methoxy groups -OCH3 is 1. The molecule has 2 heteroatoms. The molecule has 3 aliphatic rings. The molecule has 2 aromatic rings. The van der Waals surface area contributed by atoms with E-state index < -0.39 is 8.07 Å². The predicted octanol–water partition coefficient (Wildman–Crippen LogP) is 5.73. The second-order valence-corrected chi connectivity index (χ2v) is 12.4. The molecule has 5 rings (SSSR count). The highest BCUT2D eigenvalue weighted by atomic mass is 28.3. The summed E-state index contributed by atoms with van der Waals surface area (Å²) in [5.74, 6) is 0.969. The Morgan fingerprint density at radius 1 is 0.889 bits per heavy atom. The third-order valence-electron chi connectivity index (χ3n) is 6.91. The van der Waals surface area contributed by atoms with Crippen molar-refractivity contribution < 1.29 is 4.74 Å². The van der Waals surface area contributed by atoms with E-state index in [2.05, 4.69) is 54.6 Å². The maximum atomic E-state index is 5.44.